The van der Waals surface area contributed by atoms with Gasteiger partial charge >= 0.3 is 5.97 Å². The van der Waals surface area contributed by atoms with Crippen LogP contribution in [-0.4, -0.2) is 34.5 Å². The Morgan fingerprint density at radius 2 is 1.80 bits per heavy atom. The van der Waals surface area contributed by atoms with Gasteiger partial charge in [0.2, 0.25) is 5.91 Å². The third kappa shape index (κ3) is 5.40. The summed E-state index contributed by atoms with van der Waals surface area (Å²) in [7, 11) is 0. The Morgan fingerprint density at radius 1 is 1.27 bits per heavy atom. The number of aliphatic carboxylic acids is 1. The maximum absolute atomic E-state index is 11.8. The van der Waals surface area contributed by atoms with Gasteiger partial charge in [-0.3, -0.25) is 9.59 Å². The Morgan fingerprint density at radius 3 is 2.13 bits per heavy atom. The van der Waals surface area contributed by atoms with Crippen molar-refractivity contribution < 1.29 is 14.7 Å². The first-order valence-corrected chi connectivity index (χ1v) is 5.39. The number of hydrogen-bond donors (Lipinski definition) is 1. The van der Waals surface area contributed by atoms with Crippen molar-refractivity contribution in [2.75, 3.05) is 6.54 Å². The maximum Gasteiger partial charge on any atom is 0.323 e. The summed E-state index contributed by atoms with van der Waals surface area (Å²) in [6.07, 6.45) is 1.37. The maximum atomic E-state index is 11.8. The van der Waals surface area contributed by atoms with E-state index in [0.29, 0.717) is 12.3 Å². The summed E-state index contributed by atoms with van der Waals surface area (Å²) in [5, 5.41) is 8.68. The van der Waals surface area contributed by atoms with Crippen molar-refractivity contribution in [1.29, 1.82) is 0 Å². The zero-order valence-electron chi connectivity index (χ0n) is 9.99. The number of nitrogens with zero attached hydrogens (tertiary/aromatic N) is 1. The first kappa shape index (κ1) is 13.9. The SMILES string of the molecule is CCC(C)CC(=O)N(CC(=O)O)C(C)C. The first-order valence-electron chi connectivity index (χ1n) is 5.39. The predicted octanol–water partition coefficient (Wildman–Crippen LogP) is 1.74. The van der Waals surface area contributed by atoms with Gasteiger partial charge in [0.15, 0.2) is 0 Å². The average molecular weight is 215 g/mol. The minimum absolute atomic E-state index is 0.0577. The Balaban J connectivity index is 4.35. The van der Waals surface area contributed by atoms with Crippen molar-refractivity contribution in [3.8, 4) is 0 Å². The molecule has 1 amide bonds. The summed E-state index contributed by atoms with van der Waals surface area (Å²) in [6.45, 7) is 7.48. The first-order chi connectivity index (χ1) is 6.88. The van der Waals surface area contributed by atoms with Crippen molar-refractivity contribution in [3.63, 3.8) is 0 Å². The van der Waals surface area contributed by atoms with Crippen LogP contribution < -0.4 is 0 Å². The molecule has 0 aromatic heterocycles. The van der Waals surface area contributed by atoms with E-state index in [1.54, 1.807) is 0 Å². The van der Waals surface area contributed by atoms with E-state index in [4.69, 9.17) is 5.11 Å². The number of rotatable bonds is 6. The highest BCUT2D eigenvalue weighted by Gasteiger charge is 2.20. The Kier molecular flexibility index (Phi) is 5.97. The molecule has 4 nitrogen and oxygen atoms in total. The molecule has 0 aliphatic heterocycles. The summed E-state index contributed by atoms with van der Waals surface area (Å²) in [5.41, 5.74) is 0. The van der Waals surface area contributed by atoms with Gasteiger partial charge in [0, 0.05) is 12.5 Å². The molecular weight excluding hydrogens is 194 g/mol. The second kappa shape index (κ2) is 6.43. The van der Waals surface area contributed by atoms with Gasteiger partial charge in [0.05, 0.1) is 0 Å². The number of carbonyl (C=O) groups excluding carboxylic acids is 1. The van der Waals surface area contributed by atoms with Crippen LogP contribution in [0, 0.1) is 5.92 Å². The molecule has 0 radical (unpaired) electrons. The van der Waals surface area contributed by atoms with Crippen LogP contribution in [0.1, 0.15) is 40.5 Å². The van der Waals surface area contributed by atoms with Gasteiger partial charge in [-0.25, -0.2) is 0 Å². The zero-order chi connectivity index (χ0) is 12.0. The van der Waals surface area contributed by atoms with Crippen LogP contribution in [0.2, 0.25) is 0 Å². The lowest BCUT2D eigenvalue weighted by Gasteiger charge is -2.26. The summed E-state index contributed by atoms with van der Waals surface area (Å²) in [5.74, 6) is -0.713. The van der Waals surface area contributed by atoms with E-state index in [9.17, 15) is 9.59 Å². The molecule has 0 aromatic carbocycles. The molecule has 1 atom stereocenters. The minimum Gasteiger partial charge on any atom is -0.480 e. The largest absolute Gasteiger partial charge is 0.480 e. The van der Waals surface area contributed by atoms with Crippen LogP contribution in [0.4, 0.5) is 0 Å². The fourth-order valence-electron chi connectivity index (χ4n) is 1.26. The van der Waals surface area contributed by atoms with E-state index in [0.717, 1.165) is 6.42 Å². The van der Waals surface area contributed by atoms with Crippen molar-refractivity contribution in [1.82, 2.24) is 4.90 Å². The number of amides is 1. The van der Waals surface area contributed by atoms with Gasteiger partial charge in [0.25, 0.3) is 0 Å². The van der Waals surface area contributed by atoms with Crippen LogP contribution in [0.3, 0.4) is 0 Å². The van der Waals surface area contributed by atoms with E-state index in [1.807, 2.05) is 27.7 Å². The molecule has 0 aromatic rings. The highest BCUT2D eigenvalue weighted by atomic mass is 16.4. The van der Waals surface area contributed by atoms with Crippen molar-refractivity contribution in [2.24, 2.45) is 5.92 Å². The van der Waals surface area contributed by atoms with Crippen molar-refractivity contribution >= 4 is 11.9 Å². The van der Waals surface area contributed by atoms with Crippen molar-refractivity contribution in [3.05, 3.63) is 0 Å². The fourth-order valence-corrected chi connectivity index (χ4v) is 1.26. The number of carbonyl (C=O) groups is 2. The molecule has 0 rings (SSSR count). The van der Waals surface area contributed by atoms with Crippen LogP contribution >= 0.6 is 0 Å². The monoisotopic (exact) mass is 215 g/mol. The summed E-state index contributed by atoms with van der Waals surface area (Å²) >= 11 is 0. The molecule has 0 fully saturated rings. The molecule has 0 aliphatic carbocycles. The van der Waals surface area contributed by atoms with E-state index in [-0.39, 0.29) is 18.5 Å². The topological polar surface area (TPSA) is 57.6 Å². The predicted molar refractivity (Wildman–Crippen MR) is 58.6 cm³/mol. The van der Waals surface area contributed by atoms with Crippen LogP contribution in [0.25, 0.3) is 0 Å². The third-order valence-electron chi connectivity index (χ3n) is 2.47. The molecule has 0 saturated heterocycles. The smallest absolute Gasteiger partial charge is 0.323 e. The lowest BCUT2D eigenvalue weighted by molar-refractivity contribution is -0.146. The van der Waals surface area contributed by atoms with Crippen molar-refractivity contribution in [2.45, 2.75) is 46.6 Å². The molecule has 0 spiro atoms. The molecule has 0 saturated carbocycles. The van der Waals surface area contributed by atoms with Gasteiger partial charge < -0.3 is 10.0 Å². The lowest BCUT2D eigenvalue weighted by atomic mass is 10.0. The quantitative estimate of drug-likeness (QED) is 0.734. The molecule has 0 bridgehead atoms. The summed E-state index contributed by atoms with van der Waals surface area (Å²) in [4.78, 5) is 23.7. The fraction of sp³-hybridized carbons (Fsp3) is 0.818. The second-order valence-electron chi connectivity index (χ2n) is 4.23. The van der Waals surface area contributed by atoms with Crippen LogP contribution in [0.5, 0.6) is 0 Å². The van der Waals surface area contributed by atoms with E-state index >= 15 is 0 Å². The lowest BCUT2D eigenvalue weighted by Crippen LogP contribution is -2.41. The second-order valence-corrected chi connectivity index (χ2v) is 4.23. The average Bonchev–Trinajstić information content (AvgIpc) is 2.12. The van der Waals surface area contributed by atoms with Crippen LogP contribution in [0.15, 0.2) is 0 Å². The van der Waals surface area contributed by atoms with E-state index in [2.05, 4.69) is 0 Å². The molecule has 1 unspecified atom stereocenters. The normalized spacial score (nSPS) is 12.6. The Hall–Kier alpha value is -1.06. The number of hydrogen-bond acceptors (Lipinski definition) is 2. The van der Waals surface area contributed by atoms with Gasteiger partial charge in [-0.05, 0) is 19.8 Å². The van der Waals surface area contributed by atoms with Crippen LogP contribution in [-0.2, 0) is 9.59 Å². The Labute approximate surface area is 91.3 Å². The molecule has 0 aliphatic rings. The molecule has 4 heteroatoms. The molecular formula is C11H21NO3. The number of carboxylic acid groups (broad SMARTS) is 1. The molecule has 88 valence electrons. The third-order valence-corrected chi connectivity index (χ3v) is 2.47. The zero-order valence-corrected chi connectivity index (χ0v) is 9.99. The molecule has 1 N–H and O–H groups in total. The van der Waals surface area contributed by atoms with E-state index < -0.39 is 5.97 Å². The molecule has 15 heavy (non-hydrogen) atoms. The Bertz CT molecular complexity index is 226. The van der Waals surface area contributed by atoms with Gasteiger partial charge in [-0.1, -0.05) is 20.3 Å². The highest BCUT2D eigenvalue weighted by Crippen LogP contribution is 2.11. The van der Waals surface area contributed by atoms with Gasteiger partial charge in [-0.15, -0.1) is 0 Å². The highest BCUT2D eigenvalue weighted by molar-refractivity contribution is 5.81. The van der Waals surface area contributed by atoms with E-state index in [1.165, 1.54) is 4.90 Å². The number of carboxylic acids is 1. The van der Waals surface area contributed by atoms with Gasteiger partial charge in [-0.2, -0.15) is 0 Å². The minimum atomic E-state index is -0.957. The van der Waals surface area contributed by atoms with Gasteiger partial charge in [0.1, 0.15) is 6.54 Å². The summed E-state index contributed by atoms with van der Waals surface area (Å²) < 4.78 is 0. The standard InChI is InChI=1S/C11H21NO3/c1-5-9(4)6-10(13)12(8(2)3)7-11(14)15/h8-9H,5-7H2,1-4H3,(H,14,15). The molecule has 0 heterocycles. The summed E-state index contributed by atoms with van der Waals surface area (Å²) in [6, 6.07) is -0.0577.